The van der Waals surface area contributed by atoms with E-state index in [2.05, 4.69) is 25.4 Å². The highest BCUT2D eigenvalue weighted by Gasteiger charge is 2.23. The lowest BCUT2D eigenvalue weighted by Crippen LogP contribution is -2.34. The van der Waals surface area contributed by atoms with E-state index in [0.717, 1.165) is 35.9 Å². The van der Waals surface area contributed by atoms with Crippen molar-refractivity contribution in [1.82, 2.24) is 30.1 Å². The lowest BCUT2D eigenvalue weighted by Gasteiger charge is -2.24. The van der Waals surface area contributed by atoms with Gasteiger partial charge in [-0.3, -0.25) is 14.5 Å². The first-order chi connectivity index (χ1) is 15.5. The average Bonchev–Trinajstić information content (AvgIpc) is 3.42. The number of aromatic amines is 1. The lowest BCUT2D eigenvalue weighted by atomic mass is 10.1. The molecule has 10 heteroatoms. The number of nitrogens with one attached hydrogen (secondary N) is 1. The molecule has 3 aromatic rings. The highest BCUT2D eigenvalue weighted by Crippen LogP contribution is 2.18. The Bertz CT molecular complexity index is 1130. The van der Waals surface area contributed by atoms with Gasteiger partial charge < -0.3 is 14.5 Å². The highest BCUT2D eigenvalue weighted by molar-refractivity contribution is 5.81. The molecule has 2 aromatic heterocycles. The molecule has 1 atom stereocenters. The van der Waals surface area contributed by atoms with E-state index in [1.807, 2.05) is 31.2 Å². The summed E-state index contributed by atoms with van der Waals surface area (Å²) < 4.78 is 12.3. The van der Waals surface area contributed by atoms with Gasteiger partial charge in [-0.15, -0.1) is 5.10 Å². The molecule has 1 aliphatic rings. The molecule has 1 aromatic carbocycles. The van der Waals surface area contributed by atoms with E-state index < -0.39 is 5.97 Å². The van der Waals surface area contributed by atoms with E-state index in [4.69, 9.17) is 9.47 Å². The molecule has 0 radical (unpaired) electrons. The second-order valence-electron chi connectivity index (χ2n) is 8.03. The molecule has 170 valence electrons. The van der Waals surface area contributed by atoms with E-state index in [1.165, 1.54) is 4.68 Å². The molecular weight excluding hydrogens is 412 g/mol. The number of para-hydroxylation sites is 1. The van der Waals surface area contributed by atoms with Gasteiger partial charge in [-0.1, -0.05) is 18.2 Å². The molecule has 0 bridgehead atoms. The first-order valence-electron chi connectivity index (χ1n) is 10.9. The van der Waals surface area contributed by atoms with Gasteiger partial charge in [-0.05, 0) is 54.1 Å². The van der Waals surface area contributed by atoms with Crippen LogP contribution in [0.4, 0.5) is 0 Å². The summed E-state index contributed by atoms with van der Waals surface area (Å²) in [5.74, 6) is 0.136. The number of tetrazole rings is 1. The van der Waals surface area contributed by atoms with Crippen LogP contribution in [0.15, 0.2) is 29.1 Å². The summed E-state index contributed by atoms with van der Waals surface area (Å²) >= 11 is 0. The molecular formula is C22H28N6O4. The number of aryl methyl sites for hydroxylation is 1. The van der Waals surface area contributed by atoms with Crippen LogP contribution in [0.1, 0.15) is 36.7 Å². The van der Waals surface area contributed by atoms with Crippen LogP contribution in [0.3, 0.4) is 0 Å². The van der Waals surface area contributed by atoms with Crippen molar-refractivity contribution in [3.8, 4) is 0 Å². The van der Waals surface area contributed by atoms with Gasteiger partial charge in [0.1, 0.15) is 6.54 Å². The summed E-state index contributed by atoms with van der Waals surface area (Å²) in [6.45, 7) is 6.14. The van der Waals surface area contributed by atoms with Crippen molar-refractivity contribution in [3.05, 3.63) is 51.6 Å². The zero-order valence-corrected chi connectivity index (χ0v) is 18.4. The highest BCUT2D eigenvalue weighted by atomic mass is 16.5. The van der Waals surface area contributed by atoms with E-state index in [9.17, 15) is 9.59 Å². The van der Waals surface area contributed by atoms with Gasteiger partial charge in [-0.2, -0.15) is 0 Å². The third-order valence-corrected chi connectivity index (χ3v) is 5.60. The van der Waals surface area contributed by atoms with Crippen molar-refractivity contribution in [3.63, 3.8) is 0 Å². The summed E-state index contributed by atoms with van der Waals surface area (Å²) in [7, 11) is 0. The summed E-state index contributed by atoms with van der Waals surface area (Å²) in [6, 6.07) is 7.88. The van der Waals surface area contributed by atoms with Gasteiger partial charge >= 0.3 is 5.97 Å². The molecule has 0 aliphatic carbocycles. The summed E-state index contributed by atoms with van der Waals surface area (Å²) in [5.41, 5.74) is 2.42. The van der Waals surface area contributed by atoms with Crippen molar-refractivity contribution in [1.29, 1.82) is 0 Å². The third-order valence-electron chi connectivity index (χ3n) is 5.60. The third kappa shape index (κ3) is 5.20. The predicted octanol–water partition coefficient (Wildman–Crippen LogP) is 1.57. The van der Waals surface area contributed by atoms with Gasteiger partial charge in [0.15, 0.2) is 5.82 Å². The Hall–Kier alpha value is -3.11. The molecule has 10 nitrogen and oxygen atoms in total. The second kappa shape index (κ2) is 10.0. The molecule has 32 heavy (non-hydrogen) atoms. The van der Waals surface area contributed by atoms with Gasteiger partial charge in [0, 0.05) is 25.3 Å². The number of hydrogen-bond acceptors (Lipinski definition) is 8. The van der Waals surface area contributed by atoms with Gasteiger partial charge in [0.2, 0.25) is 0 Å². The van der Waals surface area contributed by atoms with Crippen molar-refractivity contribution in [2.45, 2.75) is 52.4 Å². The fourth-order valence-electron chi connectivity index (χ4n) is 4.04. The molecule has 1 N–H and O–H groups in total. The van der Waals surface area contributed by atoms with Crippen molar-refractivity contribution < 1.29 is 14.3 Å². The van der Waals surface area contributed by atoms with Gasteiger partial charge in [-0.25, -0.2) is 4.68 Å². The fourth-order valence-corrected chi connectivity index (χ4v) is 4.04. The number of benzene rings is 1. The number of aromatic nitrogens is 5. The van der Waals surface area contributed by atoms with Crippen LogP contribution in [0.25, 0.3) is 10.9 Å². The Balaban J connectivity index is 1.57. The average molecular weight is 441 g/mol. The SMILES string of the molecule is CCOC(=O)Cn1nnnc1CN(Cc1cc2cccc(C)c2[nH]c1=O)CC1CCCO1. The van der Waals surface area contributed by atoms with E-state index in [0.29, 0.717) is 37.6 Å². The maximum absolute atomic E-state index is 12.8. The number of carbonyl (C=O) groups is 1. The number of fused-ring (bicyclic) bond motifs is 1. The number of nitrogens with zero attached hydrogens (tertiary/aromatic N) is 5. The zero-order chi connectivity index (χ0) is 22.5. The second-order valence-corrected chi connectivity index (χ2v) is 8.03. The number of esters is 1. The molecule has 1 unspecified atom stereocenters. The molecule has 4 rings (SSSR count). The van der Waals surface area contributed by atoms with Crippen LogP contribution in [-0.4, -0.2) is 61.9 Å². The summed E-state index contributed by atoms with van der Waals surface area (Å²) in [4.78, 5) is 29.8. The molecule has 0 spiro atoms. The summed E-state index contributed by atoms with van der Waals surface area (Å²) in [6.07, 6.45) is 2.08. The molecule has 0 saturated carbocycles. The number of rotatable bonds is 9. The number of H-pyrrole nitrogens is 1. The van der Waals surface area contributed by atoms with Gasteiger partial charge in [0.25, 0.3) is 5.56 Å². The molecule has 1 fully saturated rings. The fraction of sp³-hybridized carbons (Fsp3) is 0.500. The molecule has 3 heterocycles. The monoisotopic (exact) mass is 440 g/mol. The molecule has 1 saturated heterocycles. The van der Waals surface area contributed by atoms with Crippen LogP contribution < -0.4 is 5.56 Å². The van der Waals surface area contributed by atoms with Crippen molar-refractivity contribution in [2.75, 3.05) is 19.8 Å². The van der Waals surface area contributed by atoms with Crippen LogP contribution in [0.5, 0.6) is 0 Å². The predicted molar refractivity (Wildman–Crippen MR) is 117 cm³/mol. The number of carbonyl (C=O) groups excluding carboxylic acids is 1. The number of pyridine rings is 1. The van der Waals surface area contributed by atoms with Crippen LogP contribution in [0, 0.1) is 6.92 Å². The maximum Gasteiger partial charge on any atom is 0.327 e. The molecule has 1 aliphatic heterocycles. The maximum atomic E-state index is 12.8. The minimum Gasteiger partial charge on any atom is -0.465 e. The lowest BCUT2D eigenvalue weighted by molar-refractivity contribution is -0.144. The Kier molecular flexibility index (Phi) is 6.91. The number of ether oxygens (including phenoxy) is 2. The quantitative estimate of drug-likeness (QED) is 0.499. The van der Waals surface area contributed by atoms with E-state index in [-0.39, 0.29) is 18.2 Å². The first kappa shape index (κ1) is 22.1. The van der Waals surface area contributed by atoms with E-state index in [1.54, 1.807) is 6.92 Å². The minimum absolute atomic E-state index is 0.0558. The standard InChI is InChI=1S/C22H28N6O4/c1-3-31-20(29)14-28-19(24-25-26-28)13-27(12-18-8-5-9-32-18)11-17-10-16-7-4-6-15(2)21(16)23-22(17)30/h4,6-7,10,18H,3,5,8-9,11-14H2,1-2H3,(H,23,30). The topological polar surface area (TPSA) is 115 Å². The normalized spacial score (nSPS) is 16.2. The Morgan fingerprint density at radius 1 is 1.38 bits per heavy atom. The van der Waals surface area contributed by atoms with E-state index >= 15 is 0 Å². The van der Waals surface area contributed by atoms with Gasteiger partial charge in [0.05, 0.1) is 24.8 Å². The van der Waals surface area contributed by atoms with Crippen LogP contribution in [-0.2, 0) is 33.9 Å². The Morgan fingerprint density at radius 3 is 3.03 bits per heavy atom. The largest absolute Gasteiger partial charge is 0.465 e. The van der Waals surface area contributed by atoms with Crippen LogP contribution in [0.2, 0.25) is 0 Å². The zero-order valence-electron chi connectivity index (χ0n) is 18.4. The smallest absolute Gasteiger partial charge is 0.327 e. The van der Waals surface area contributed by atoms with Crippen LogP contribution >= 0.6 is 0 Å². The minimum atomic E-state index is -0.395. The van der Waals surface area contributed by atoms with Crippen molar-refractivity contribution >= 4 is 16.9 Å². The Labute approximate surface area is 185 Å². The summed E-state index contributed by atoms with van der Waals surface area (Å²) in [5, 5.41) is 12.7. The number of hydrogen-bond donors (Lipinski definition) is 1. The first-order valence-corrected chi connectivity index (χ1v) is 10.9. The Morgan fingerprint density at radius 2 is 2.25 bits per heavy atom. The molecule has 0 amide bonds. The van der Waals surface area contributed by atoms with Crippen molar-refractivity contribution in [2.24, 2.45) is 0 Å².